The molecule has 0 aromatic rings. The molecule has 15 heavy (non-hydrogen) atoms. The van der Waals surface area contributed by atoms with Crippen molar-refractivity contribution in [3.63, 3.8) is 0 Å². The Morgan fingerprint density at radius 1 is 1.47 bits per heavy atom. The third-order valence-electron chi connectivity index (χ3n) is 3.61. The molecule has 2 saturated carbocycles. The van der Waals surface area contributed by atoms with Crippen LogP contribution in [0.2, 0.25) is 0 Å². The Kier molecular flexibility index (Phi) is 3.46. The van der Waals surface area contributed by atoms with Crippen LogP contribution in [0.15, 0.2) is 0 Å². The first-order chi connectivity index (χ1) is 7.15. The largest absolute Gasteiger partial charge is 0.392 e. The standard InChI is InChI=1S/C11H20N2OS/c1-7(14)6-12-11(15)13-10-5-8-2-3-9(10)4-8/h7-10,14H,2-6H2,1H3,(H2,12,13,15)/t7-,8-,9-,10-/m0/s1. The predicted octanol–water partition coefficient (Wildman–Crippen LogP) is 1.02. The van der Waals surface area contributed by atoms with Crippen LogP contribution in [0.5, 0.6) is 0 Å². The smallest absolute Gasteiger partial charge is 0.166 e. The van der Waals surface area contributed by atoms with Gasteiger partial charge in [-0.15, -0.1) is 0 Å². The molecular formula is C11H20N2OS. The number of thiocarbonyl (C=S) groups is 1. The van der Waals surface area contributed by atoms with Gasteiger partial charge in [-0.25, -0.2) is 0 Å². The van der Waals surface area contributed by atoms with E-state index in [2.05, 4.69) is 10.6 Å². The van der Waals surface area contributed by atoms with Crippen LogP contribution in [-0.4, -0.2) is 28.9 Å². The van der Waals surface area contributed by atoms with Gasteiger partial charge < -0.3 is 15.7 Å². The summed E-state index contributed by atoms with van der Waals surface area (Å²) in [6.45, 7) is 2.29. The Bertz CT molecular complexity index is 245. The minimum absolute atomic E-state index is 0.343. The monoisotopic (exact) mass is 228 g/mol. The fourth-order valence-corrected chi connectivity index (χ4v) is 3.12. The molecule has 2 bridgehead atoms. The van der Waals surface area contributed by atoms with Crippen molar-refractivity contribution >= 4 is 17.3 Å². The quantitative estimate of drug-likeness (QED) is 0.631. The molecule has 0 heterocycles. The summed E-state index contributed by atoms with van der Waals surface area (Å²) in [5.41, 5.74) is 0. The fourth-order valence-electron chi connectivity index (χ4n) is 2.88. The Hall–Kier alpha value is -0.350. The first-order valence-electron chi connectivity index (χ1n) is 5.87. The first-order valence-corrected chi connectivity index (χ1v) is 6.28. The molecule has 4 atom stereocenters. The summed E-state index contributed by atoms with van der Waals surface area (Å²) >= 11 is 5.19. The highest BCUT2D eigenvalue weighted by Gasteiger charge is 2.39. The average molecular weight is 228 g/mol. The minimum Gasteiger partial charge on any atom is -0.392 e. The van der Waals surface area contributed by atoms with Crippen molar-refractivity contribution in [1.29, 1.82) is 0 Å². The van der Waals surface area contributed by atoms with E-state index >= 15 is 0 Å². The molecule has 86 valence electrons. The Morgan fingerprint density at radius 3 is 2.80 bits per heavy atom. The molecule has 2 fully saturated rings. The third kappa shape index (κ3) is 2.82. The van der Waals surface area contributed by atoms with Crippen LogP contribution >= 0.6 is 12.2 Å². The van der Waals surface area contributed by atoms with Gasteiger partial charge in [0, 0.05) is 12.6 Å². The second-order valence-corrected chi connectivity index (χ2v) is 5.39. The number of rotatable bonds is 3. The van der Waals surface area contributed by atoms with Gasteiger partial charge in [-0.05, 0) is 50.2 Å². The van der Waals surface area contributed by atoms with Crippen LogP contribution in [0.25, 0.3) is 0 Å². The molecule has 2 aliphatic carbocycles. The first kappa shape index (κ1) is 11.1. The average Bonchev–Trinajstić information content (AvgIpc) is 2.76. The number of aliphatic hydroxyl groups excluding tert-OH is 1. The molecule has 0 radical (unpaired) electrons. The van der Waals surface area contributed by atoms with Crippen LogP contribution in [-0.2, 0) is 0 Å². The number of aliphatic hydroxyl groups is 1. The maximum atomic E-state index is 9.12. The summed E-state index contributed by atoms with van der Waals surface area (Å²) < 4.78 is 0. The maximum Gasteiger partial charge on any atom is 0.166 e. The zero-order valence-corrected chi connectivity index (χ0v) is 10.0. The molecule has 2 aliphatic rings. The zero-order chi connectivity index (χ0) is 10.8. The van der Waals surface area contributed by atoms with Gasteiger partial charge in [-0.2, -0.15) is 0 Å². The second kappa shape index (κ2) is 4.66. The lowest BCUT2D eigenvalue weighted by molar-refractivity contribution is 0.197. The number of hydrogen-bond donors (Lipinski definition) is 3. The Balaban J connectivity index is 1.71. The van der Waals surface area contributed by atoms with Crippen molar-refractivity contribution in [2.45, 2.75) is 44.8 Å². The van der Waals surface area contributed by atoms with E-state index < -0.39 is 0 Å². The fraction of sp³-hybridized carbons (Fsp3) is 0.909. The highest BCUT2D eigenvalue weighted by molar-refractivity contribution is 7.80. The predicted molar refractivity (Wildman–Crippen MR) is 64.7 cm³/mol. The van der Waals surface area contributed by atoms with Crippen molar-refractivity contribution in [3.05, 3.63) is 0 Å². The summed E-state index contributed by atoms with van der Waals surface area (Å²) in [5.74, 6) is 1.77. The molecule has 0 amide bonds. The molecular weight excluding hydrogens is 208 g/mol. The summed E-state index contributed by atoms with van der Waals surface area (Å²) in [6, 6.07) is 0.581. The molecule has 0 saturated heterocycles. The molecule has 0 unspecified atom stereocenters. The van der Waals surface area contributed by atoms with Crippen molar-refractivity contribution in [3.8, 4) is 0 Å². The van der Waals surface area contributed by atoms with E-state index in [1.54, 1.807) is 6.92 Å². The molecule has 0 spiro atoms. The van der Waals surface area contributed by atoms with Gasteiger partial charge >= 0.3 is 0 Å². The molecule has 2 rings (SSSR count). The lowest BCUT2D eigenvalue weighted by Crippen LogP contribution is -2.45. The summed E-state index contributed by atoms with van der Waals surface area (Å²) in [4.78, 5) is 0. The summed E-state index contributed by atoms with van der Waals surface area (Å²) in [7, 11) is 0. The van der Waals surface area contributed by atoms with E-state index in [9.17, 15) is 0 Å². The third-order valence-corrected chi connectivity index (χ3v) is 3.87. The van der Waals surface area contributed by atoms with Crippen molar-refractivity contribution in [1.82, 2.24) is 10.6 Å². The topological polar surface area (TPSA) is 44.3 Å². The van der Waals surface area contributed by atoms with Crippen LogP contribution in [0.1, 0.15) is 32.6 Å². The molecule has 3 N–H and O–H groups in total. The van der Waals surface area contributed by atoms with Crippen molar-refractivity contribution in [2.75, 3.05) is 6.54 Å². The van der Waals surface area contributed by atoms with Crippen LogP contribution in [0.4, 0.5) is 0 Å². The maximum absolute atomic E-state index is 9.12. The Labute approximate surface area is 96.6 Å². The van der Waals surface area contributed by atoms with Crippen LogP contribution < -0.4 is 10.6 Å². The lowest BCUT2D eigenvalue weighted by Gasteiger charge is -2.24. The molecule has 0 aliphatic heterocycles. The van der Waals surface area contributed by atoms with E-state index in [0.717, 1.165) is 11.8 Å². The summed E-state index contributed by atoms with van der Waals surface area (Å²) in [5, 5.41) is 16.2. The second-order valence-electron chi connectivity index (χ2n) is 4.98. The van der Waals surface area contributed by atoms with Crippen LogP contribution in [0.3, 0.4) is 0 Å². The highest BCUT2D eigenvalue weighted by Crippen LogP contribution is 2.44. The van der Waals surface area contributed by atoms with Gasteiger partial charge in [0.05, 0.1) is 6.10 Å². The minimum atomic E-state index is -0.343. The normalized spacial score (nSPS) is 35.2. The number of hydrogen-bond acceptors (Lipinski definition) is 2. The van der Waals surface area contributed by atoms with Gasteiger partial charge in [0.25, 0.3) is 0 Å². The van der Waals surface area contributed by atoms with E-state index in [1.807, 2.05) is 0 Å². The van der Waals surface area contributed by atoms with Gasteiger partial charge in [0.2, 0.25) is 0 Å². The zero-order valence-electron chi connectivity index (χ0n) is 9.20. The summed E-state index contributed by atoms with van der Waals surface area (Å²) in [6.07, 6.45) is 5.10. The SMILES string of the molecule is C[C@H](O)CNC(=S)N[C@H]1C[C@H]2CC[C@H]1C2. The van der Waals surface area contributed by atoms with E-state index in [-0.39, 0.29) is 6.10 Å². The van der Waals surface area contributed by atoms with Gasteiger partial charge in [-0.1, -0.05) is 6.42 Å². The molecule has 3 nitrogen and oxygen atoms in total. The number of nitrogens with one attached hydrogen (secondary N) is 2. The molecule has 0 aromatic heterocycles. The molecule has 4 heteroatoms. The van der Waals surface area contributed by atoms with Crippen molar-refractivity contribution in [2.24, 2.45) is 11.8 Å². The van der Waals surface area contributed by atoms with E-state index in [0.29, 0.717) is 17.7 Å². The molecule has 0 aromatic carbocycles. The number of fused-ring (bicyclic) bond motifs is 2. The van der Waals surface area contributed by atoms with E-state index in [1.165, 1.54) is 25.7 Å². The van der Waals surface area contributed by atoms with Crippen molar-refractivity contribution < 1.29 is 5.11 Å². The lowest BCUT2D eigenvalue weighted by atomic mass is 9.96. The van der Waals surface area contributed by atoms with Crippen LogP contribution in [0, 0.1) is 11.8 Å². The van der Waals surface area contributed by atoms with E-state index in [4.69, 9.17) is 17.3 Å². The van der Waals surface area contributed by atoms with Gasteiger partial charge in [0.15, 0.2) is 5.11 Å². The Morgan fingerprint density at radius 2 is 2.27 bits per heavy atom. The van der Waals surface area contributed by atoms with Gasteiger partial charge in [-0.3, -0.25) is 0 Å². The van der Waals surface area contributed by atoms with Gasteiger partial charge in [0.1, 0.15) is 0 Å². The highest BCUT2D eigenvalue weighted by atomic mass is 32.1.